The molecule has 17 heavy (non-hydrogen) atoms. The Balaban J connectivity index is 1.85. The highest BCUT2D eigenvalue weighted by molar-refractivity contribution is 6.30. The molecule has 1 aromatic rings. The van der Waals surface area contributed by atoms with Crippen LogP contribution in [-0.4, -0.2) is 37.5 Å². The van der Waals surface area contributed by atoms with Crippen LogP contribution >= 0.6 is 11.6 Å². The summed E-state index contributed by atoms with van der Waals surface area (Å²) in [5.41, 5.74) is 0.629. The first-order valence-electron chi connectivity index (χ1n) is 5.87. The maximum atomic E-state index is 11.9. The van der Waals surface area contributed by atoms with Gasteiger partial charge in [0.25, 0.3) is 5.91 Å². The molecule has 0 radical (unpaired) electrons. The van der Waals surface area contributed by atoms with Crippen LogP contribution in [0.1, 0.15) is 16.8 Å². The highest BCUT2D eigenvalue weighted by Crippen LogP contribution is 2.14. The van der Waals surface area contributed by atoms with Gasteiger partial charge in [0.15, 0.2) is 0 Å². The predicted molar refractivity (Wildman–Crippen MR) is 69.4 cm³/mol. The van der Waals surface area contributed by atoms with Crippen molar-refractivity contribution < 1.29 is 4.79 Å². The molecule has 1 aliphatic heterocycles. The monoisotopic (exact) mass is 252 g/mol. The molecule has 1 fully saturated rings. The Morgan fingerprint density at radius 2 is 2.41 bits per heavy atom. The van der Waals surface area contributed by atoms with Gasteiger partial charge in [-0.2, -0.15) is 0 Å². The SMILES string of the molecule is CN1CCC(CNC(=O)c2cccc(Cl)c2)C1. The number of carbonyl (C=O) groups excluding carboxylic acids is 1. The number of nitrogens with one attached hydrogen (secondary N) is 1. The molecule has 3 nitrogen and oxygen atoms in total. The summed E-state index contributed by atoms with van der Waals surface area (Å²) in [5, 5.41) is 3.56. The molecule has 92 valence electrons. The highest BCUT2D eigenvalue weighted by atomic mass is 35.5. The van der Waals surface area contributed by atoms with Crippen LogP contribution in [0.2, 0.25) is 5.02 Å². The Morgan fingerprint density at radius 1 is 1.59 bits per heavy atom. The lowest BCUT2D eigenvalue weighted by atomic mass is 10.1. The lowest BCUT2D eigenvalue weighted by Gasteiger charge is -2.11. The second-order valence-electron chi connectivity index (χ2n) is 4.64. The second-order valence-corrected chi connectivity index (χ2v) is 5.07. The van der Waals surface area contributed by atoms with Crippen molar-refractivity contribution in [3.63, 3.8) is 0 Å². The Kier molecular flexibility index (Phi) is 4.02. The highest BCUT2D eigenvalue weighted by Gasteiger charge is 2.19. The number of likely N-dealkylation sites (tertiary alicyclic amines) is 1. The second kappa shape index (κ2) is 5.52. The number of benzene rings is 1. The van der Waals surface area contributed by atoms with Gasteiger partial charge < -0.3 is 10.2 Å². The van der Waals surface area contributed by atoms with Crippen molar-refractivity contribution in [3.8, 4) is 0 Å². The number of hydrogen-bond donors (Lipinski definition) is 1. The Morgan fingerprint density at radius 3 is 3.06 bits per heavy atom. The zero-order chi connectivity index (χ0) is 12.3. The van der Waals surface area contributed by atoms with E-state index >= 15 is 0 Å². The number of rotatable bonds is 3. The molecule has 1 aliphatic rings. The molecule has 1 heterocycles. The predicted octanol–water partition coefficient (Wildman–Crippen LogP) is 2.02. The quantitative estimate of drug-likeness (QED) is 0.893. The van der Waals surface area contributed by atoms with Gasteiger partial charge in [-0.15, -0.1) is 0 Å². The molecular formula is C13H17ClN2O. The maximum absolute atomic E-state index is 11.9. The Bertz CT molecular complexity index is 408. The molecule has 0 spiro atoms. The van der Waals surface area contributed by atoms with E-state index in [9.17, 15) is 4.79 Å². The van der Waals surface area contributed by atoms with Crippen molar-refractivity contribution in [2.24, 2.45) is 5.92 Å². The van der Waals surface area contributed by atoms with E-state index in [1.54, 1.807) is 24.3 Å². The van der Waals surface area contributed by atoms with Gasteiger partial charge in [0.2, 0.25) is 0 Å². The molecule has 1 unspecified atom stereocenters. The van der Waals surface area contributed by atoms with Gasteiger partial charge >= 0.3 is 0 Å². The molecule has 0 aliphatic carbocycles. The van der Waals surface area contributed by atoms with Crippen LogP contribution in [0.5, 0.6) is 0 Å². The fourth-order valence-corrected chi connectivity index (χ4v) is 2.35. The lowest BCUT2D eigenvalue weighted by Crippen LogP contribution is -2.30. The van der Waals surface area contributed by atoms with E-state index in [4.69, 9.17) is 11.6 Å². The van der Waals surface area contributed by atoms with Crippen LogP contribution in [0, 0.1) is 5.92 Å². The van der Waals surface area contributed by atoms with Gasteiger partial charge in [-0.1, -0.05) is 17.7 Å². The molecule has 2 rings (SSSR count). The van der Waals surface area contributed by atoms with E-state index in [1.165, 1.54) is 0 Å². The molecule has 0 aromatic heterocycles. The Labute approximate surface area is 107 Å². The zero-order valence-electron chi connectivity index (χ0n) is 9.95. The van der Waals surface area contributed by atoms with Crippen LogP contribution < -0.4 is 5.32 Å². The molecular weight excluding hydrogens is 236 g/mol. The van der Waals surface area contributed by atoms with Crippen molar-refractivity contribution in [1.82, 2.24) is 10.2 Å². The standard InChI is InChI=1S/C13H17ClN2O/c1-16-6-5-10(9-16)8-15-13(17)11-3-2-4-12(14)7-11/h2-4,7,10H,5-6,8-9H2,1H3,(H,15,17). The van der Waals surface area contributed by atoms with Crippen molar-refractivity contribution in [2.75, 3.05) is 26.7 Å². The van der Waals surface area contributed by atoms with Crippen LogP contribution in [0.4, 0.5) is 0 Å². The number of nitrogens with zero attached hydrogens (tertiary/aromatic N) is 1. The van der Waals surface area contributed by atoms with Gasteiger partial charge in [0.05, 0.1) is 0 Å². The summed E-state index contributed by atoms with van der Waals surface area (Å²) < 4.78 is 0. The molecule has 1 saturated heterocycles. The van der Waals surface area contributed by atoms with Crippen molar-refractivity contribution >= 4 is 17.5 Å². The molecule has 1 aromatic carbocycles. The number of carbonyl (C=O) groups is 1. The number of hydrogen-bond acceptors (Lipinski definition) is 2. The van der Waals surface area contributed by atoms with Crippen LogP contribution in [0.25, 0.3) is 0 Å². The molecule has 0 bridgehead atoms. The molecule has 1 atom stereocenters. The van der Waals surface area contributed by atoms with Gasteiger partial charge in [-0.05, 0) is 44.1 Å². The molecule has 4 heteroatoms. The van der Waals surface area contributed by atoms with Gasteiger partial charge in [-0.3, -0.25) is 4.79 Å². The molecule has 1 amide bonds. The van der Waals surface area contributed by atoms with Crippen molar-refractivity contribution in [2.45, 2.75) is 6.42 Å². The lowest BCUT2D eigenvalue weighted by molar-refractivity contribution is 0.0947. The third kappa shape index (κ3) is 3.45. The summed E-state index contributed by atoms with van der Waals surface area (Å²) in [5.74, 6) is 0.533. The van der Waals surface area contributed by atoms with Crippen LogP contribution in [0.3, 0.4) is 0 Å². The minimum atomic E-state index is -0.0398. The van der Waals surface area contributed by atoms with Gasteiger partial charge in [0.1, 0.15) is 0 Å². The van der Waals surface area contributed by atoms with E-state index < -0.39 is 0 Å². The summed E-state index contributed by atoms with van der Waals surface area (Å²) in [4.78, 5) is 14.1. The first-order chi connectivity index (χ1) is 8.15. The summed E-state index contributed by atoms with van der Waals surface area (Å²) in [6.45, 7) is 2.93. The third-order valence-electron chi connectivity index (χ3n) is 3.13. The number of halogens is 1. The van der Waals surface area contributed by atoms with Crippen molar-refractivity contribution in [3.05, 3.63) is 34.9 Å². The molecule has 0 saturated carbocycles. The van der Waals surface area contributed by atoms with Crippen LogP contribution in [0.15, 0.2) is 24.3 Å². The maximum Gasteiger partial charge on any atom is 0.251 e. The summed E-state index contributed by atoms with van der Waals surface area (Å²) in [7, 11) is 2.11. The van der Waals surface area contributed by atoms with Crippen LogP contribution in [-0.2, 0) is 0 Å². The van der Waals surface area contributed by atoms with Crippen molar-refractivity contribution in [1.29, 1.82) is 0 Å². The minimum absolute atomic E-state index is 0.0398. The number of amides is 1. The van der Waals surface area contributed by atoms with E-state index in [0.29, 0.717) is 16.5 Å². The van der Waals surface area contributed by atoms with E-state index in [1.807, 2.05) is 0 Å². The smallest absolute Gasteiger partial charge is 0.251 e. The summed E-state index contributed by atoms with van der Waals surface area (Å²) in [6, 6.07) is 7.03. The summed E-state index contributed by atoms with van der Waals surface area (Å²) >= 11 is 5.85. The zero-order valence-corrected chi connectivity index (χ0v) is 10.7. The summed E-state index contributed by atoms with van der Waals surface area (Å²) in [6.07, 6.45) is 1.16. The molecule has 1 N–H and O–H groups in total. The fraction of sp³-hybridized carbons (Fsp3) is 0.462. The fourth-order valence-electron chi connectivity index (χ4n) is 2.16. The minimum Gasteiger partial charge on any atom is -0.352 e. The third-order valence-corrected chi connectivity index (χ3v) is 3.36. The first kappa shape index (κ1) is 12.4. The topological polar surface area (TPSA) is 32.3 Å². The normalized spacial score (nSPS) is 20.5. The first-order valence-corrected chi connectivity index (χ1v) is 6.25. The van der Waals surface area contributed by atoms with E-state index in [-0.39, 0.29) is 5.91 Å². The Hall–Kier alpha value is -1.06. The average Bonchev–Trinajstić information content (AvgIpc) is 2.72. The van der Waals surface area contributed by atoms with E-state index in [0.717, 1.165) is 26.1 Å². The van der Waals surface area contributed by atoms with E-state index in [2.05, 4.69) is 17.3 Å². The van der Waals surface area contributed by atoms with Gasteiger partial charge in [0, 0.05) is 23.7 Å². The van der Waals surface area contributed by atoms with Gasteiger partial charge in [-0.25, -0.2) is 0 Å². The largest absolute Gasteiger partial charge is 0.352 e. The average molecular weight is 253 g/mol.